The van der Waals surface area contributed by atoms with Crippen molar-refractivity contribution < 1.29 is 9.53 Å². The number of aromatic nitrogens is 2. The van der Waals surface area contributed by atoms with Crippen LogP contribution in [0.25, 0.3) is 10.9 Å². The number of rotatable bonds is 8. The minimum Gasteiger partial charge on any atom is -0.462 e. The van der Waals surface area contributed by atoms with Gasteiger partial charge in [0.05, 0.1) is 23.9 Å². The second-order valence-corrected chi connectivity index (χ2v) is 8.09. The number of guanidine groups is 1. The number of carbonyl (C=O) groups is 1. The van der Waals surface area contributed by atoms with Crippen LogP contribution in [-0.4, -0.2) is 41.6 Å². The lowest BCUT2D eigenvalue weighted by atomic mass is 10.1. The van der Waals surface area contributed by atoms with Crippen molar-refractivity contribution in [2.75, 3.05) is 19.7 Å². The van der Waals surface area contributed by atoms with Crippen molar-refractivity contribution >= 4 is 58.1 Å². The molecule has 2 N–H and O–H groups in total. The first-order valence-corrected chi connectivity index (χ1v) is 11.4. The number of nitrogens with one attached hydrogen (secondary N) is 2. The van der Waals surface area contributed by atoms with Gasteiger partial charge < -0.3 is 15.4 Å². The van der Waals surface area contributed by atoms with E-state index < -0.39 is 0 Å². The van der Waals surface area contributed by atoms with Crippen LogP contribution in [0, 0.1) is 6.92 Å². The molecule has 2 aromatic heterocycles. The molecule has 0 saturated heterocycles. The Morgan fingerprint density at radius 2 is 2.03 bits per heavy atom. The fourth-order valence-electron chi connectivity index (χ4n) is 3.23. The SMILES string of the molecule is CCNC(=NCCc1cccc2cccnc12)NC(C)c1nc(C)c(C(=O)OCC)s1.I. The summed E-state index contributed by atoms with van der Waals surface area (Å²) in [6.07, 6.45) is 2.62. The molecule has 0 saturated carbocycles. The van der Waals surface area contributed by atoms with Gasteiger partial charge in [-0.15, -0.1) is 35.3 Å². The molecule has 172 valence electrons. The van der Waals surface area contributed by atoms with Gasteiger partial charge in [-0.1, -0.05) is 24.3 Å². The number of hydrogen-bond acceptors (Lipinski definition) is 6. The Bertz CT molecular complexity index is 1060. The molecule has 3 aromatic rings. The summed E-state index contributed by atoms with van der Waals surface area (Å²) in [6, 6.07) is 10.2. The van der Waals surface area contributed by atoms with Crippen LogP contribution in [0.3, 0.4) is 0 Å². The average molecular weight is 567 g/mol. The number of hydrogen-bond donors (Lipinski definition) is 2. The van der Waals surface area contributed by atoms with Gasteiger partial charge in [0.25, 0.3) is 0 Å². The number of halogens is 1. The summed E-state index contributed by atoms with van der Waals surface area (Å²) in [5.74, 6) is 0.397. The molecule has 0 fully saturated rings. The highest BCUT2D eigenvalue weighted by Gasteiger charge is 2.20. The Morgan fingerprint density at radius 3 is 2.78 bits per heavy atom. The van der Waals surface area contributed by atoms with E-state index in [4.69, 9.17) is 9.73 Å². The van der Waals surface area contributed by atoms with E-state index in [1.807, 2.05) is 33.0 Å². The highest BCUT2D eigenvalue weighted by Crippen LogP contribution is 2.24. The smallest absolute Gasteiger partial charge is 0.350 e. The third-order valence-corrected chi connectivity index (χ3v) is 6.03. The number of esters is 1. The number of benzene rings is 1. The van der Waals surface area contributed by atoms with Gasteiger partial charge >= 0.3 is 5.97 Å². The maximum absolute atomic E-state index is 12.1. The van der Waals surface area contributed by atoms with Crippen LogP contribution >= 0.6 is 35.3 Å². The summed E-state index contributed by atoms with van der Waals surface area (Å²) in [5.41, 5.74) is 2.90. The molecular weight excluding hydrogens is 537 g/mol. The monoisotopic (exact) mass is 567 g/mol. The molecule has 32 heavy (non-hydrogen) atoms. The minimum atomic E-state index is -0.319. The zero-order valence-electron chi connectivity index (χ0n) is 18.8. The highest BCUT2D eigenvalue weighted by molar-refractivity contribution is 14.0. The Hall–Kier alpha value is -2.27. The van der Waals surface area contributed by atoms with Gasteiger partial charge in [-0.3, -0.25) is 9.98 Å². The van der Waals surface area contributed by atoms with E-state index in [9.17, 15) is 4.79 Å². The standard InChI is InChI=1S/C23H29N5O2S.HI/c1-5-24-23(26-14-12-18-10-7-9-17-11-8-13-25-19(17)18)28-16(4)21-27-15(3)20(31-21)22(29)30-6-2;/h7-11,13,16H,5-6,12,14H2,1-4H3,(H2,24,26,28);1H. The number of pyridine rings is 1. The van der Waals surface area contributed by atoms with Crippen LogP contribution in [-0.2, 0) is 11.2 Å². The maximum atomic E-state index is 12.1. The lowest BCUT2D eigenvalue weighted by Crippen LogP contribution is -2.38. The van der Waals surface area contributed by atoms with Crippen LogP contribution in [0.4, 0.5) is 0 Å². The number of ether oxygens (including phenoxy) is 1. The van der Waals surface area contributed by atoms with Crippen molar-refractivity contribution in [1.29, 1.82) is 0 Å². The predicted octanol–water partition coefficient (Wildman–Crippen LogP) is 4.65. The van der Waals surface area contributed by atoms with Crippen LogP contribution in [0.15, 0.2) is 41.5 Å². The summed E-state index contributed by atoms with van der Waals surface area (Å²) in [6.45, 7) is 9.39. The van der Waals surface area contributed by atoms with Crippen molar-refractivity contribution in [3.05, 3.63) is 57.7 Å². The highest BCUT2D eigenvalue weighted by atomic mass is 127. The Morgan fingerprint density at radius 1 is 1.25 bits per heavy atom. The lowest BCUT2D eigenvalue weighted by molar-refractivity contribution is 0.0531. The predicted molar refractivity (Wildman–Crippen MR) is 141 cm³/mol. The number of nitrogens with zero attached hydrogens (tertiary/aromatic N) is 3. The molecule has 9 heteroatoms. The Balaban J connectivity index is 0.00000363. The third kappa shape index (κ3) is 6.61. The van der Waals surface area contributed by atoms with E-state index in [2.05, 4.69) is 44.9 Å². The topological polar surface area (TPSA) is 88.5 Å². The quantitative estimate of drug-likeness (QED) is 0.178. The molecule has 0 bridgehead atoms. The summed E-state index contributed by atoms with van der Waals surface area (Å²) >= 11 is 1.36. The van der Waals surface area contributed by atoms with Crippen LogP contribution < -0.4 is 10.6 Å². The summed E-state index contributed by atoms with van der Waals surface area (Å²) in [7, 11) is 0. The number of carbonyl (C=O) groups excluding carboxylic acids is 1. The summed E-state index contributed by atoms with van der Waals surface area (Å²) in [5, 5.41) is 8.63. The molecule has 3 rings (SSSR count). The first-order valence-electron chi connectivity index (χ1n) is 10.5. The molecule has 0 spiro atoms. The molecule has 2 heterocycles. The molecule has 0 radical (unpaired) electrons. The molecule has 0 aliphatic heterocycles. The number of aryl methyl sites for hydroxylation is 1. The zero-order valence-corrected chi connectivity index (χ0v) is 22.0. The molecule has 0 amide bonds. The van der Waals surface area contributed by atoms with Crippen molar-refractivity contribution in [2.24, 2.45) is 4.99 Å². The molecule has 1 unspecified atom stereocenters. The zero-order chi connectivity index (χ0) is 22.2. The van der Waals surface area contributed by atoms with Gasteiger partial charge in [-0.2, -0.15) is 0 Å². The van der Waals surface area contributed by atoms with Crippen molar-refractivity contribution in [3.8, 4) is 0 Å². The van der Waals surface area contributed by atoms with E-state index in [1.54, 1.807) is 6.92 Å². The van der Waals surface area contributed by atoms with E-state index in [0.29, 0.717) is 29.7 Å². The van der Waals surface area contributed by atoms with Gasteiger partial charge in [0.1, 0.15) is 9.88 Å². The Labute approximate surface area is 210 Å². The second-order valence-electron chi connectivity index (χ2n) is 7.06. The molecule has 0 aliphatic rings. The minimum absolute atomic E-state index is 0. The van der Waals surface area contributed by atoms with Crippen LogP contribution in [0.5, 0.6) is 0 Å². The molecule has 1 aromatic carbocycles. The van der Waals surface area contributed by atoms with Crippen LogP contribution in [0.2, 0.25) is 0 Å². The van der Waals surface area contributed by atoms with Gasteiger partial charge in [-0.25, -0.2) is 9.78 Å². The Kier molecular flexibility index (Phi) is 10.3. The molecular formula is C23H30IN5O2S. The average Bonchev–Trinajstić information content (AvgIpc) is 3.16. The number of fused-ring (bicyclic) bond motifs is 1. The number of para-hydroxylation sites is 1. The number of thiazole rings is 1. The first-order chi connectivity index (χ1) is 15.0. The number of aliphatic imine (C=N–C) groups is 1. The fraction of sp³-hybridized carbons (Fsp3) is 0.391. The summed E-state index contributed by atoms with van der Waals surface area (Å²) < 4.78 is 5.12. The van der Waals surface area contributed by atoms with E-state index in [1.165, 1.54) is 16.9 Å². The van der Waals surface area contributed by atoms with Crippen LogP contribution in [0.1, 0.15) is 52.7 Å². The second kappa shape index (κ2) is 12.7. The van der Waals surface area contributed by atoms with Crippen molar-refractivity contribution in [3.63, 3.8) is 0 Å². The van der Waals surface area contributed by atoms with E-state index in [0.717, 1.165) is 28.9 Å². The van der Waals surface area contributed by atoms with E-state index >= 15 is 0 Å². The first kappa shape index (κ1) is 26.0. The molecule has 7 nitrogen and oxygen atoms in total. The third-order valence-electron chi connectivity index (χ3n) is 4.71. The lowest BCUT2D eigenvalue weighted by Gasteiger charge is -2.16. The summed E-state index contributed by atoms with van der Waals surface area (Å²) in [4.78, 5) is 26.4. The molecule has 0 aliphatic carbocycles. The fourth-order valence-corrected chi connectivity index (χ4v) is 4.20. The maximum Gasteiger partial charge on any atom is 0.350 e. The van der Waals surface area contributed by atoms with Crippen molar-refractivity contribution in [1.82, 2.24) is 20.6 Å². The van der Waals surface area contributed by atoms with Gasteiger partial charge in [0.15, 0.2) is 5.96 Å². The van der Waals surface area contributed by atoms with Gasteiger partial charge in [-0.05, 0) is 45.7 Å². The van der Waals surface area contributed by atoms with Gasteiger partial charge in [0, 0.05) is 24.7 Å². The van der Waals surface area contributed by atoms with Crippen molar-refractivity contribution in [2.45, 2.75) is 40.2 Å². The largest absolute Gasteiger partial charge is 0.462 e. The normalized spacial score (nSPS) is 12.2. The van der Waals surface area contributed by atoms with Gasteiger partial charge in [0.2, 0.25) is 0 Å². The molecule has 1 atom stereocenters. The van der Waals surface area contributed by atoms with E-state index in [-0.39, 0.29) is 36.0 Å².